The van der Waals surface area contributed by atoms with Crippen LogP contribution in [0.25, 0.3) is 0 Å². The van der Waals surface area contributed by atoms with Crippen molar-refractivity contribution in [3.05, 3.63) is 28.8 Å². The van der Waals surface area contributed by atoms with Gasteiger partial charge in [0.1, 0.15) is 12.7 Å². The van der Waals surface area contributed by atoms with Crippen LogP contribution >= 0.6 is 0 Å². The van der Waals surface area contributed by atoms with Crippen LogP contribution in [0.2, 0.25) is 0 Å². The highest BCUT2D eigenvalue weighted by molar-refractivity contribution is 7.90. The number of halogens is 1. The number of carbonyl (C=O) groups is 1. The third kappa shape index (κ3) is 3.30. The molecule has 1 amide bonds. The van der Waals surface area contributed by atoms with E-state index in [1.54, 1.807) is 6.07 Å². The highest BCUT2D eigenvalue weighted by Crippen LogP contribution is 2.22. The minimum atomic E-state index is -3.76. The quantitative estimate of drug-likeness (QED) is 0.587. The lowest BCUT2D eigenvalue weighted by Crippen LogP contribution is -2.24. The van der Waals surface area contributed by atoms with E-state index in [4.69, 9.17) is 16.7 Å². The summed E-state index contributed by atoms with van der Waals surface area (Å²) in [5.74, 6) is -1.52. The van der Waals surface area contributed by atoms with Crippen molar-refractivity contribution in [1.29, 1.82) is 5.26 Å². The second kappa shape index (κ2) is 5.66. The predicted octanol–water partition coefficient (Wildman–Crippen LogP) is -0.155. The molecule has 0 saturated heterocycles. The van der Waals surface area contributed by atoms with Crippen molar-refractivity contribution < 1.29 is 17.6 Å². The van der Waals surface area contributed by atoms with Crippen molar-refractivity contribution in [3.8, 4) is 6.07 Å². The number of alkyl halides is 1. The molecular weight excluding hydrogens is 287 g/mol. The summed E-state index contributed by atoms with van der Waals surface area (Å²) in [5, 5.41) is 8.89. The zero-order valence-electron chi connectivity index (χ0n) is 10.4. The molecule has 7 nitrogen and oxygen atoms in total. The molecule has 1 aromatic rings. The van der Waals surface area contributed by atoms with Crippen molar-refractivity contribution in [3.63, 3.8) is 0 Å². The van der Waals surface area contributed by atoms with E-state index in [1.807, 2.05) is 0 Å². The topological polar surface area (TPSA) is 139 Å². The van der Waals surface area contributed by atoms with Crippen LogP contribution in [0, 0.1) is 11.3 Å². The zero-order chi connectivity index (χ0) is 15.5. The highest BCUT2D eigenvalue weighted by atomic mass is 32.2. The molecule has 1 rings (SSSR count). The number of rotatable bonds is 3. The van der Waals surface area contributed by atoms with Gasteiger partial charge in [0.25, 0.3) is 5.91 Å². The summed E-state index contributed by atoms with van der Waals surface area (Å²) in [6, 6.07) is 3.53. The summed E-state index contributed by atoms with van der Waals surface area (Å²) < 4.78 is 36.0. The van der Waals surface area contributed by atoms with Crippen LogP contribution in [0.3, 0.4) is 0 Å². The Bertz CT molecular complexity index is 731. The molecule has 0 saturated carbocycles. The first-order valence-corrected chi connectivity index (χ1v) is 7.06. The molecule has 1 aromatic carbocycles. The molecule has 0 unspecified atom stereocenters. The first kappa shape index (κ1) is 15.6. The summed E-state index contributed by atoms with van der Waals surface area (Å²) in [6.45, 7) is -1.07. The van der Waals surface area contributed by atoms with E-state index in [9.17, 15) is 17.6 Å². The molecule has 20 heavy (non-hydrogen) atoms. The number of benzene rings is 1. The monoisotopic (exact) mass is 298 g/mol. The maximum Gasteiger partial charge on any atom is 0.280 e. The number of sulfone groups is 1. The van der Waals surface area contributed by atoms with E-state index in [0.29, 0.717) is 0 Å². The Morgan fingerprint density at radius 3 is 2.45 bits per heavy atom. The van der Waals surface area contributed by atoms with Gasteiger partial charge in [-0.25, -0.2) is 12.8 Å². The molecule has 0 aliphatic carbocycles. The van der Waals surface area contributed by atoms with Gasteiger partial charge in [0.15, 0.2) is 15.8 Å². The van der Waals surface area contributed by atoms with E-state index in [1.165, 1.54) is 0 Å². The first-order chi connectivity index (χ1) is 9.20. The molecule has 0 radical (unpaired) electrons. The van der Waals surface area contributed by atoms with Gasteiger partial charge >= 0.3 is 0 Å². The normalized spacial score (nSPS) is 10.7. The van der Waals surface area contributed by atoms with Crippen molar-refractivity contribution in [2.75, 3.05) is 6.26 Å². The lowest BCUT2D eigenvalue weighted by atomic mass is 10.0. The molecule has 4 N–H and O–H groups in total. The molecule has 0 spiro atoms. The van der Waals surface area contributed by atoms with E-state index in [-0.39, 0.29) is 21.6 Å². The number of nitriles is 1. The second-order valence-corrected chi connectivity index (χ2v) is 5.85. The van der Waals surface area contributed by atoms with Gasteiger partial charge in [-0.1, -0.05) is 0 Å². The van der Waals surface area contributed by atoms with Crippen LogP contribution < -0.4 is 11.5 Å². The lowest BCUT2D eigenvalue weighted by Gasteiger charge is -2.08. The van der Waals surface area contributed by atoms with Crippen molar-refractivity contribution >= 4 is 21.7 Å². The summed E-state index contributed by atoms with van der Waals surface area (Å²) in [7, 11) is -3.76. The number of guanidine groups is 1. The summed E-state index contributed by atoms with van der Waals surface area (Å²) in [4.78, 5) is 14.6. The average Bonchev–Trinajstić information content (AvgIpc) is 2.34. The number of carbonyl (C=O) groups excluding carboxylic acids is 1. The van der Waals surface area contributed by atoms with E-state index in [0.717, 1.165) is 18.4 Å². The van der Waals surface area contributed by atoms with Gasteiger partial charge in [-0.05, 0) is 17.7 Å². The molecule has 0 bridgehead atoms. The summed E-state index contributed by atoms with van der Waals surface area (Å²) >= 11 is 0. The van der Waals surface area contributed by atoms with Crippen LogP contribution in [-0.2, 0) is 16.5 Å². The predicted molar refractivity (Wildman–Crippen MR) is 69.2 cm³/mol. The molecule has 0 atom stereocenters. The molecule has 0 heterocycles. The van der Waals surface area contributed by atoms with Crippen LogP contribution in [0.5, 0.6) is 0 Å². The molecule has 0 aliphatic heterocycles. The third-order valence-electron chi connectivity index (χ3n) is 2.33. The van der Waals surface area contributed by atoms with Crippen LogP contribution in [0.15, 0.2) is 22.0 Å². The Hall–Kier alpha value is -2.47. The number of amides is 1. The molecule has 0 aromatic heterocycles. The summed E-state index contributed by atoms with van der Waals surface area (Å²) in [5.41, 5.74) is 9.37. The highest BCUT2D eigenvalue weighted by Gasteiger charge is 2.20. The fraction of sp³-hybridized carbons (Fsp3) is 0.182. The Kier molecular flexibility index (Phi) is 4.41. The Balaban J connectivity index is 3.66. The largest absolute Gasteiger partial charge is 0.370 e. The first-order valence-electron chi connectivity index (χ1n) is 5.17. The van der Waals surface area contributed by atoms with Gasteiger partial charge in [0.2, 0.25) is 0 Å². The second-order valence-electron chi connectivity index (χ2n) is 3.86. The van der Waals surface area contributed by atoms with Crippen LogP contribution in [0.1, 0.15) is 21.5 Å². The third-order valence-corrected chi connectivity index (χ3v) is 3.47. The molecule has 106 valence electrons. The molecular formula is C11H11FN4O3S. The van der Waals surface area contributed by atoms with Crippen LogP contribution in [-0.4, -0.2) is 26.5 Å². The van der Waals surface area contributed by atoms with E-state index < -0.39 is 28.4 Å². The standard InChI is InChI=1S/C11H11FN4O3S/c1-20(18,19)9-3-8(10(17)16-11(14)15)6(4-12)2-7(9)5-13/h2-3H,4H2,1H3,(H4,14,15,16,17). The molecule has 0 fully saturated rings. The molecule has 9 heteroatoms. The van der Waals surface area contributed by atoms with E-state index >= 15 is 0 Å². The Labute approximate surface area is 114 Å². The van der Waals surface area contributed by atoms with Gasteiger partial charge in [0, 0.05) is 11.8 Å². The van der Waals surface area contributed by atoms with Crippen LogP contribution in [0.4, 0.5) is 4.39 Å². The molecule has 0 aliphatic rings. The minimum absolute atomic E-state index is 0.163. The zero-order valence-corrected chi connectivity index (χ0v) is 11.2. The SMILES string of the molecule is CS(=O)(=O)c1cc(C(=O)N=C(N)N)c(CF)cc1C#N. The van der Waals surface area contributed by atoms with Gasteiger partial charge in [-0.15, -0.1) is 0 Å². The van der Waals surface area contributed by atoms with Gasteiger partial charge < -0.3 is 11.5 Å². The van der Waals surface area contributed by atoms with Crippen molar-refractivity contribution in [2.45, 2.75) is 11.6 Å². The number of aliphatic imine (C=N–C) groups is 1. The Morgan fingerprint density at radius 1 is 1.45 bits per heavy atom. The lowest BCUT2D eigenvalue weighted by molar-refractivity contribution is 0.100. The fourth-order valence-electron chi connectivity index (χ4n) is 1.51. The number of hydrogen-bond donors (Lipinski definition) is 2. The fourth-order valence-corrected chi connectivity index (χ4v) is 2.34. The Morgan fingerprint density at radius 2 is 2.05 bits per heavy atom. The number of nitrogens with zero attached hydrogens (tertiary/aromatic N) is 2. The average molecular weight is 298 g/mol. The van der Waals surface area contributed by atoms with Crippen molar-refractivity contribution in [2.24, 2.45) is 16.5 Å². The smallest absolute Gasteiger partial charge is 0.280 e. The maximum atomic E-state index is 12.9. The summed E-state index contributed by atoms with van der Waals surface area (Å²) in [6.07, 6.45) is 0.868. The van der Waals surface area contributed by atoms with Crippen molar-refractivity contribution in [1.82, 2.24) is 0 Å². The van der Waals surface area contributed by atoms with E-state index in [2.05, 4.69) is 4.99 Å². The van der Waals surface area contributed by atoms with Gasteiger partial charge in [-0.3, -0.25) is 4.79 Å². The minimum Gasteiger partial charge on any atom is -0.370 e. The maximum absolute atomic E-state index is 12.9. The van der Waals surface area contributed by atoms with Gasteiger partial charge in [-0.2, -0.15) is 10.3 Å². The number of hydrogen-bond acceptors (Lipinski definition) is 4. The van der Waals surface area contributed by atoms with Gasteiger partial charge in [0.05, 0.1) is 10.5 Å². The number of nitrogens with two attached hydrogens (primary N) is 2.